The summed E-state index contributed by atoms with van der Waals surface area (Å²) in [6.45, 7) is 0. The molecule has 1 aliphatic rings. The van der Waals surface area contributed by atoms with E-state index in [4.69, 9.17) is 11.6 Å². The zero-order valence-electron chi connectivity index (χ0n) is 8.96. The Labute approximate surface area is 114 Å². The van der Waals surface area contributed by atoms with Crippen molar-refractivity contribution in [2.75, 3.05) is 0 Å². The van der Waals surface area contributed by atoms with E-state index in [9.17, 15) is 0 Å². The molecule has 0 saturated heterocycles. The van der Waals surface area contributed by atoms with Crippen LogP contribution in [-0.2, 0) is 5.75 Å². The Bertz CT molecular complexity index is 356. The first-order valence-corrected chi connectivity index (χ1v) is 7.76. The lowest BCUT2D eigenvalue weighted by atomic mass is 10.0. The molecule has 0 N–H and O–H groups in total. The first-order chi connectivity index (χ1) is 7.75. The van der Waals surface area contributed by atoms with Gasteiger partial charge in [-0.3, -0.25) is 0 Å². The zero-order valence-corrected chi connectivity index (χ0v) is 12.1. The van der Waals surface area contributed by atoms with Crippen molar-refractivity contribution in [3.63, 3.8) is 0 Å². The Hall–Kier alpha value is 0.200. The van der Waals surface area contributed by atoms with Crippen molar-refractivity contribution in [2.45, 2.75) is 43.1 Å². The molecule has 1 aromatic rings. The molecule has 1 aliphatic carbocycles. The van der Waals surface area contributed by atoms with E-state index in [0.717, 1.165) is 21.3 Å². The van der Waals surface area contributed by atoms with Gasteiger partial charge < -0.3 is 0 Å². The average Bonchev–Trinajstić information content (AvgIpc) is 2.32. The van der Waals surface area contributed by atoms with Crippen LogP contribution >= 0.6 is 39.3 Å². The molecular formula is C11H14BrClN2S. The smallest absolute Gasteiger partial charge is 0.146 e. The third-order valence-electron chi connectivity index (χ3n) is 2.75. The Kier molecular flexibility index (Phi) is 4.92. The number of aromatic nitrogens is 2. The summed E-state index contributed by atoms with van der Waals surface area (Å²) in [6, 6.07) is 0. The van der Waals surface area contributed by atoms with Crippen LogP contribution in [0.1, 0.15) is 37.9 Å². The molecule has 1 saturated carbocycles. The Morgan fingerprint density at radius 3 is 2.81 bits per heavy atom. The summed E-state index contributed by atoms with van der Waals surface area (Å²) >= 11 is 11.2. The van der Waals surface area contributed by atoms with Crippen LogP contribution < -0.4 is 0 Å². The first-order valence-electron chi connectivity index (χ1n) is 5.54. The number of nitrogens with zero attached hydrogens (tertiary/aromatic N) is 2. The Morgan fingerprint density at radius 2 is 2.12 bits per heavy atom. The largest absolute Gasteiger partial charge is 0.239 e. The maximum absolute atomic E-state index is 5.93. The van der Waals surface area contributed by atoms with Crippen LogP contribution in [0.4, 0.5) is 0 Å². The Balaban J connectivity index is 1.86. The highest BCUT2D eigenvalue weighted by Crippen LogP contribution is 2.30. The van der Waals surface area contributed by atoms with Gasteiger partial charge in [0.25, 0.3) is 0 Å². The highest BCUT2D eigenvalue weighted by molar-refractivity contribution is 9.10. The quantitative estimate of drug-likeness (QED) is 0.769. The fourth-order valence-corrected chi connectivity index (χ4v) is 3.40. The summed E-state index contributed by atoms with van der Waals surface area (Å²) < 4.78 is 0.764. The van der Waals surface area contributed by atoms with Crippen molar-refractivity contribution >= 4 is 39.3 Å². The molecule has 16 heavy (non-hydrogen) atoms. The van der Waals surface area contributed by atoms with Crippen molar-refractivity contribution in [1.29, 1.82) is 0 Å². The number of hydrogen-bond acceptors (Lipinski definition) is 3. The van der Waals surface area contributed by atoms with Gasteiger partial charge in [0.05, 0.1) is 10.2 Å². The van der Waals surface area contributed by atoms with Crippen LogP contribution in [0.5, 0.6) is 0 Å². The van der Waals surface area contributed by atoms with E-state index in [2.05, 4.69) is 25.9 Å². The molecule has 0 atom stereocenters. The van der Waals surface area contributed by atoms with Crippen molar-refractivity contribution in [3.8, 4) is 0 Å². The van der Waals surface area contributed by atoms with Gasteiger partial charge in [0.1, 0.15) is 11.0 Å². The lowest BCUT2D eigenvalue weighted by molar-refractivity contribution is 0.516. The molecule has 0 unspecified atom stereocenters. The summed E-state index contributed by atoms with van der Waals surface area (Å²) in [7, 11) is 0. The molecule has 0 amide bonds. The molecule has 5 heteroatoms. The predicted octanol–water partition coefficient (Wildman–Crippen LogP) is 4.46. The van der Waals surface area contributed by atoms with Gasteiger partial charge in [-0.05, 0) is 28.8 Å². The monoisotopic (exact) mass is 320 g/mol. The van der Waals surface area contributed by atoms with E-state index in [-0.39, 0.29) is 0 Å². The standard InChI is InChI=1S/C11H14BrClN2S/c12-9-6-14-10(15-11(9)13)7-16-8-4-2-1-3-5-8/h6,8H,1-5,7H2. The van der Waals surface area contributed by atoms with Crippen molar-refractivity contribution in [2.24, 2.45) is 0 Å². The summed E-state index contributed by atoms with van der Waals surface area (Å²) in [4.78, 5) is 8.50. The maximum Gasteiger partial charge on any atom is 0.146 e. The second kappa shape index (κ2) is 6.22. The maximum atomic E-state index is 5.93. The van der Waals surface area contributed by atoms with Crippen LogP contribution in [0, 0.1) is 0 Å². The molecule has 1 fully saturated rings. The molecule has 1 aromatic heterocycles. The minimum atomic E-state index is 0.509. The minimum absolute atomic E-state index is 0.509. The van der Waals surface area contributed by atoms with Crippen LogP contribution in [0.15, 0.2) is 10.7 Å². The number of thioether (sulfide) groups is 1. The SMILES string of the molecule is Clc1nc(CSC2CCCCC2)ncc1Br. The van der Waals surface area contributed by atoms with Gasteiger partial charge in [0.2, 0.25) is 0 Å². The van der Waals surface area contributed by atoms with Gasteiger partial charge in [-0.15, -0.1) is 0 Å². The molecular weight excluding hydrogens is 308 g/mol. The molecule has 2 nitrogen and oxygen atoms in total. The number of hydrogen-bond donors (Lipinski definition) is 0. The van der Waals surface area contributed by atoms with Crippen LogP contribution in [-0.4, -0.2) is 15.2 Å². The van der Waals surface area contributed by atoms with Crippen molar-refractivity contribution < 1.29 is 0 Å². The van der Waals surface area contributed by atoms with Crippen molar-refractivity contribution in [3.05, 3.63) is 21.6 Å². The van der Waals surface area contributed by atoms with E-state index in [1.165, 1.54) is 32.1 Å². The summed E-state index contributed by atoms with van der Waals surface area (Å²) in [6.07, 6.45) is 8.56. The van der Waals surface area contributed by atoms with Crippen LogP contribution in [0.25, 0.3) is 0 Å². The van der Waals surface area contributed by atoms with Gasteiger partial charge in [0.15, 0.2) is 0 Å². The van der Waals surface area contributed by atoms with Crippen LogP contribution in [0.3, 0.4) is 0 Å². The van der Waals surface area contributed by atoms with Gasteiger partial charge >= 0.3 is 0 Å². The molecule has 88 valence electrons. The third-order valence-corrected chi connectivity index (χ3v) is 5.22. The van der Waals surface area contributed by atoms with E-state index in [1.807, 2.05) is 11.8 Å². The molecule has 1 heterocycles. The van der Waals surface area contributed by atoms with Crippen molar-refractivity contribution in [1.82, 2.24) is 9.97 Å². The van der Waals surface area contributed by atoms with E-state index < -0.39 is 0 Å². The lowest BCUT2D eigenvalue weighted by Crippen LogP contribution is -2.08. The highest BCUT2D eigenvalue weighted by Gasteiger charge is 2.14. The second-order valence-corrected chi connectivity index (χ2v) is 6.50. The third kappa shape index (κ3) is 3.60. The summed E-state index contributed by atoms with van der Waals surface area (Å²) in [5.41, 5.74) is 0. The predicted molar refractivity (Wildman–Crippen MR) is 72.9 cm³/mol. The van der Waals surface area contributed by atoms with E-state index in [0.29, 0.717) is 5.15 Å². The van der Waals surface area contributed by atoms with E-state index in [1.54, 1.807) is 6.20 Å². The fraction of sp³-hybridized carbons (Fsp3) is 0.636. The number of rotatable bonds is 3. The Morgan fingerprint density at radius 1 is 1.38 bits per heavy atom. The normalized spacial score (nSPS) is 17.6. The summed E-state index contributed by atoms with van der Waals surface area (Å²) in [5, 5.41) is 1.30. The van der Waals surface area contributed by atoms with Gasteiger partial charge in [-0.2, -0.15) is 11.8 Å². The topological polar surface area (TPSA) is 25.8 Å². The molecule has 0 bridgehead atoms. The second-order valence-electron chi connectivity index (χ2n) is 4.00. The average molecular weight is 322 g/mol. The zero-order chi connectivity index (χ0) is 11.4. The highest BCUT2D eigenvalue weighted by atomic mass is 79.9. The molecule has 0 aliphatic heterocycles. The molecule has 2 rings (SSSR count). The van der Waals surface area contributed by atoms with Gasteiger partial charge in [-0.25, -0.2) is 9.97 Å². The minimum Gasteiger partial charge on any atom is -0.239 e. The molecule has 0 radical (unpaired) electrons. The lowest BCUT2D eigenvalue weighted by Gasteiger charge is -2.20. The number of halogens is 2. The molecule has 0 spiro atoms. The van der Waals surface area contributed by atoms with E-state index >= 15 is 0 Å². The van der Waals surface area contributed by atoms with Gasteiger partial charge in [0, 0.05) is 11.4 Å². The fourth-order valence-electron chi connectivity index (χ4n) is 1.87. The first kappa shape index (κ1) is 12.7. The summed E-state index contributed by atoms with van der Waals surface area (Å²) in [5.74, 6) is 1.71. The van der Waals surface area contributed by atoms with Gasteiger partial charge in [-0.1, -0.05) is 30.9 Å². The van der Waals surface area contributed by atoms with Crippen LogP contribution in [0.2, 0.25) is 5.15 Å². The molecule has 0 aromatic carbocycles.